The number of rotatable bonds is 0. The third-order valence-electron chi connectivity index (χ3n) is 2.19. The Kier molecular flexibility index (Phi) is 1.25. The van der Waals surface area contributed by atoms with Crippen molar-refractivity contribution in [2.24, 2.45) is 0 Å². The van der Waals surface area contributed by atoms with Crippen molar-refractivity contribution >= 4 is 5.52 Å². The van der Waals surface area contributed by atoms with Gasteiger partial charge in [0.15, 0.2) is 0 Å². The van der Waals surface area contributed by atoms with Crippen LogP contribution in [0, 0.1) is 13.8 Å². The first-order valence-electron chi connectivity index (χ1n) is 3.82. The van der Waals surface area contributed by atoms with E-state index in [1.807, 2.05) is 0 Å². The van der Waals surface area contributed by atoms with Crippen LogP contribution < -0.4 is 0 Å². The number of fused-ring (bicyclic) bond motifs is 1. The van der Waals surface area contributed by atoms with Crippen LogP contribution in [-0.4, -0.2) is 4.40 Å². The van der Waals surface area contributed by atoms with Crippen molar-refractivity contribution in [2.75, 3.05) is 0 Å². The third kappa shape index (κ3) is 0.845. The highest BCUT2D eigenvalue weighted by Gasteiger charge is 1.98. The predicted molar refractivity (Wildman–Crippen MR) is 46.9 cm³/mol. The van der Waals surface area contributed by atoms with Gasteiger partial charge in [-0.25, -0.2) is 0 Å². The summed E-state index contributed by atoms with van der Waals surface area (Å²) in [5, 5.41) is 0. The molecule has 1 heteroatoms. The Hall–Kier alpha value is -1.24. The van der Waals surface area contributed by atoms with E-state index >= 15 is 0 Å². The first-order valence-corrected chi connectivity index (χ1v) is 3.82. The molecule has 0 aliphatic heterocycles. The van der Waals surface area contributed by atoms with Crippen LogP contribution in [0.2, 0.25) is 0 Å². The van der Waals surface area contributed by atoms with Gasteiger partial charge < -0.3 is 4.40 Å². The molecule has 11 heavy (non-hydrogen) atoms. The SMILES string of the molecule is Cc1cc2ccccn2c1C. The maximum atomic E-state index is 2.20. The van der Waals surface area contributed by atoms with Gasteiger partial charge in [0.25, 0.3) is 0 Å². The second kappa shape index (κ2) is 2.12. The molecule has 0 amide bonds. The summed E-state index contributed by atoms with van der Waals surface area (Å²) in [4.78, 5) is 0. The quantitative estimate of drug-likeness (QED) is 0.536. The number of hydrogen-bond acceptors (Lipinski definition) is 0. The van der Waals surface area contributed by atoms with E-state index in [4.69, 9.17) is 0 Å². The molecule has 2 aromatic rings. The zero-order valence-corrected chi connectivity index (χ0v) is 6.83. The van der Waals surface area contributed by atoms with Gasteiger partial charge in [0, 0.05) is 17.4 Å². The lowest BCUT2D eigenvalue weighted by Gasteiger charge is -1.95. The molecular formula is C10H11N. The monoisotopic (exact) mass is 145 g/mol. The molecular weight excluding hydrogens is 134 g/mol. The maximum Gasteiger partial charge on any atom is 0.0455 e. The predicted octanol–water partition coefficient (Wildman–Crippen LogP) is 2.56. The summed E-state index contributed by atoms with van der Waals surface area (Å²) in [7, 11) is 0. The van der Waals surface area contributed by atoms with E-state index in [1.54, 1.807) is 0 Å². The Morgan fingerprint density at radius 2 is 2.00 bits per heavy atom. The van der Waals surface area contributed by atoms with Crippen molar-refractivity contribution in [3.8, 4) is 0 Å². The highest BCUT2D eigenvalue weighted by molar-refractivity contribution is 5.52. The molecule has 2 heterocycles. The fourth-order valence-electron chi connectivity index (χ4n) is 1.40. The van der Waals surface area contributed by atoms with Gasteiger partial charge in [0.05, 0.1) is 0 Å². The van der Waals surface area contributed by atoms with Crippen molar-refractivity contribution in [3.05, 3.63) is 41.7 Å². The zero-order valence-electron chi connectivity index (χ0n) is 6.83. The molecule has 0 atom stereocenters. The van der Waals surface area contributed by atoms with Crippen molar-refractivity contribution in [3.63, 3.8) is 0 Å². The van der Waals surface area contributed by atoms with E-state index < -0.39 is 0 Å². The lowest BCUT2D eigenvalue weighted by atomic mass is 10.3. The summed E-state index contributed by atoms with van der Waals surface area (Å²) in [6, 6.07) is 8.45. The summed E-state index contributed by atoms with van der Waals surface area (Å²) in [5.41, 5.74) is 3.97. The smallest absolute Gasteiger partial charge is 0.0455 e. The first kappa shape index (κ1) is 6.47. The van der Waals surface area contributed by atoms with E-state index in [0.29, 0.717) is 0 Å². The van der Waals surface area contributed by atoms with Crippen molar-refractivity contribution in [1.29, 1.82) is 0 Å². The van der Waals surface area contributed by atoms with Gasteiger partial charge in [-0.3, -0.25) is 0 Å². The van der Waals surface area contributed by atoms with Gasteiger partial charge >= 0.3 is 0 Å². The minimum atomic E-state index is 1.28. The average molecular weight is 145 g/mol. The second-order valence-electron chi connectivity index (χ2n) is 2.91. The molecule has 1 nitrogen and oxygen atoms in total. The topological polar surface area (TPSA) is 4.41 Å². The molecule has 56 valence electrons. The minimum Gasteiger partial charge on any atom is -0.321 e. The molecule has 0 bridgehead atoms. The molecule has 0 unspecified atom stereocenters. The minimum absolute atomic E-state index is 1.28. The van der Waals surface area contributed by atoms with Crippen LogP contribution >= 0.6 is 0 Å². The second-order valence-corrected chi connectivity index (χ2v) is 2.91. The largest absolute Gasteiger partial charge is 0.321 e. The van der Waals surface area contributed by atoms with Crippen LogP contribution in [0.5, 0.6) is 0 Å². The summed E-state index contributed by atoms with van der Waals surface area (Å²) in [6.07, 6.45) is 2.09. The molecule has 0 N–H and O–H groups in total. The van der Waals surface area contributed by atoms with Gasteiger partial charge in [-0.05, 0) is 37.6 Å². The summed E-state index contributed by atoms with van der Waals surface area (Å²) in [6.45, 7) is 4.28. The Morgan fingerprint density at radius 3 is 2.73 bits per heavy atom. The first-order chi connectivity index (χ1) is 5.29. The van der Waals surface area contributed by atoms with E-state index in [2.05, 4.69) is 48.7 Å². The Labute approximate surface area is 66.3 Å². The van der Waals surface area contributed by atoms with Gasteiger partial charge in [-0.15, -0.1) is 0 Å². The van der Waals surface area contributed by atoms with Gasteiger partial charge in [-0.1, -0.05) is 6.07 Å². The van der Waals surface area contributed by atoms with Crippen molar-refractivity contribution < 1.29 is 0 Å². The highest BCUT2D eigenvalue weighted by Crippen LogP contribution is 2.13. The number of nitrogens with zero attached hydrogens (tertiary/aromatic N) is 1. The molecule has 2 rings (SSSR count). The normalized spacial score (nSPS) is 10.7. The fourth-order valence-corrected chi connectivity index (χ4v) is 1.40. The molecule has 2 aromatic heterocycles. The van der Waals surface area contributed by atoms with Crippen LogP contribution in [0.1, 0.15) is 11.3 Å². The highest BCUT2D eigenvalue weighted by atomic mass is 14.9. The Bertz CT molecular complexity index is 385. The Balaban J connectivity index is 2.92. The molecule has 0 aromatic carbocycles. The standard InChI is InChI=1S/C10H11N/c1-8-7-10-5-3-4-6-11(10)9(8)2/h3-7H,1-2H3. The van der Waals surface area contributed by atoms with Crippen LogP contribution in [0.4, 0.5) is 0 Å². The number of aromatic nitrogens is 1. The third-order valence-corrected chi connectivity index (χ3v) is 2.19. The fraction of sp³-hybridized carbons (Fsp3) is 0.200. The molecule has 0 saturated carbocycles. The van der Waals surface area contributed by atoms with Crippen molar-refractivity contribution in [2.45, 2.75) is 13.8 Å². The van der Waals surface area contributed by atoms with E-state index in [9.17, 15) is 0 Å². The van der Waals surface area contributed by atoms with E-state index in [-0.39, 0.29) is 0 Å². The molecule has 0 radical (unpaired) electrons. The lowest BCUT2D eigenvalue weighted by molar-refractivity contribution is 1.09. The van der Waals surface area contributed by atoms with Crippen molar-refractivity contribution in [1.82, 2.24) is 4.40 Å². The molecule has 0 aliphatic rings. The van der Waals surface area contributed by atoms with E-state index in [0.717, 1.165) is 0 Å². The summed E-state index contributed by atoms with van der Waals surface area (Å²) >= 11 is 0. The Morgan fingerprint density at radius 1 is 1.18 bits per heavy atom. The van der Waals surface area contributed by atoms with E-state index in [1.165, 1.54) is 16.8 Å². The van der Waals surface area contributed by atoms with Crippen LogP contribution in [0.3, 0.4) is 0 Å². The average Bonchev–Trinajstić information content (AvgIpc) is 2.30. The summed E-state index contributed by atoms with van der Waals surface area (Å²) < 4.78 is 2.20. The molecule has 0 saturated heterocycles. The van der Waals surface area contributed by atoms with Crippen LogP contribution in [-0.2, 0) is 0 Å². The zero-order chi connectivity index (χ0) is 7.84. The molecule has 0 aliphatic carbocycles. The van der Waals surface area contributed by atoms with Crippen LogP contribution in [0.15, 0.2) is 30.5 Å². The number of aryl methyl sites for hydroxylation is 2. The number of hydrogen-bond donors (Lipinski definition) is 0. The number of pyridine rings is 1. The van der Waals surface area contributed by atoms with Crippen LogP contribution in [0.25, 0.3) is 5.52 Å². The molecule has 0 spiro atoms. The molecule has 0 fully saturated rings. The summed E-state index contributed by atoms with van der Waals surface area (Å²) in [5.74, 6) is 0. The van der Waals surface area contributed by atoms with Gasteiger partial charge in [0.1, 0.15) is 0 Å². The van der Waals surface area contributed by atoms with Gasteiger partial charge in [0.2, 0.25) is 0 Å². The van der Waals surface area contributed by atoms with Gasteiger partial charge in [-0.2, -0.15) is 0 Å². The lowest BCUT2D eigenvalue weighted by Crippen LogP contribution is -1.84. The maximum absolute atomic E-state index is 2.20.